The molecule has 0 aliphatic rings. The quantitative estimate of drug-likeness (QED) is 0.785. The van der Waals surface area contributed by atoms with Crippen LogP contribution in [0, 0.1) is 11.3 Å². The van der Waals surface area contributed by atoms with Gasteiger partial charge in [0.2, 0.25) is 5.91 Å². The predicted octanol–water partition coefficient (Wildman–Crippen LogP) is 3.40. The van der Waals surface area contributed by atoms with Gasteiger partial charge < -0.3 is 10.2 Å². The molecule has 0 saturated carbocycles. The van der Waals surface area contributed by atoms with Crippen LogP contribution in [-0.4, -0.2) is 31.4 Å². The van der Waals surface area contributed by atoms with Gasteiger partial charge in [0.1, 0.15) is 6.04 Å². The lowest BCUT2D eigenvalue weighted by Crippen LogP contribution is -2.27. The van der Waals surface area contributed by atoms with Crippen molar-refractivity contribution in [3.05, 3.63) is 35.4 Å². The Hall–Kier alpha value is -1.86. The smallest absolute Gasteiger partial charge is 0.221 e. The lowest BCUT2D eigenvalue weighted by Gasteiger charge is -2.20. The van der Waals surface area contributed by atoms with Crippen molar-refractivity contribution in [2.45, 2.75) is 51.5 Å². The van der Waals surface area contributed by atoms with Crippen LogP contribution in [0.1, 0.15) is 57.2 Å². The summed E-state index contributed by atoms with van der Waals surface area (Å²) in [6.45, 7) is 7.43. The standard InChI is InChI=1S/C19H29N3O/c1-19(2,3)16-11-9-15(10-12-16)17(14-20)21-18(23)8-6-7-13-22(4)5/h9-12,17H,6-8,13H2,1-5H3,(H,21,23)/t17-/m0/s1. The van der Waals surface area contributed by atoms with Crippen molar-refractivity contribution in [1.82, 2.24) is 10.2 Å². The second kappa shape index (κ2) is 8.69. The molecule has 1 rings (SSSR count). The van der Waals surface area contributed by atoms with Crippen molar-refractivity contribution in [3.63, 3.8) is 0 Å². The Kier molecular flexibility index (Phi) is 7.25. The number of nitrogens with one attached hydrogen (secondary N) is 1. The second-order valence-electron chi connectivity index (χ2n) is 7.26. The Morgan fingerprint density at radius 1 is 1.22 bits per heavy atom. The van der Waals surface area contributed by atoms with Gasteiger partial charge in [0.05, 0.1) is 6.07 Å². The molecule has 23 heavy (non-hydrogen) atoms. The fourth-order valence-corrected chi connectivity index (χ4v) is 2.31. The third-order valence-electron chi connectivity index (χ3n) is 3.80. The van der Waals surface area contributed by atoms with Crippen LogP contribution in [0.15, 0.2) is 24.3 Å². The number of rotatable bonds is 7. The van der Waals surface area contributed by atoms with Crippen molar-refractivity contribution >= 4 is 5.91 Å². The molecule has 1 aromatic carbocycles. The van der Waals surface area contributed by atoms with Gasteiger partial charge >= 0.3 is 0 Å². The molecule has 1 amide bonds. The highest BCUT2D eigenvalue weighted by atomic mass is 16.1. The number of hydrogen-bond donors (Lipinski definition) is 1. The molecule has 0 spiro atoms. The average molecular weight is 315 g/mol. The van der Waals surface area contributed by atoms with Crippen molar-refractivity contribution < 1.29 is 4.79 Å². The minimum absolute atomic E-state index is 0.0600. The maximum Gasteiger partial charge on any atom is 0.221 e. The van der Waals surface area contributed by atoms with E-state index >= 15 is 0 Å². The highest BCUT2D eigenvalue weighted by Crippen LogP contribution is 2.23. The van der Waals surface area contributed by atoms with E-state index < -0.39 is 6.04 Å². The summed E-state index contributed by atoms with van der Waals surface area (Å²) in [7, 11) is 4.04. The maximum absolute atomic E-state index is 12.0. The van der Waals surface area contributed by atoms with Crippen molar-refractivity contribution in [1.29, 1.82) is 5.26 Å². The van der Waals surface area contributed by atoms with Crippen LogP contribution in [0.3, 0.4) is 0 Å². The zero-order valence-corrected chi connectivity index (χ0v) is 15.0. The molecule has 1 atom stereocenters. The van der Waals surface area contributed by atoms with Gasteiger partial charge in [-0.2, -0.15) is 5.26 Å². The number of benzene rings is 1. The maximum atomic E-state index is 12.0. The molecule has 0 bridgehead atoms. The number of unbranched alkanes of at least 4 members (excludes halogenated alkanes) is 1. The van der Waals surface area contributed by atoms with Gasteiger partial charge in [-0.25, -0.2) is 0 Å². The van der Waals surface area contributed by atoms with Crippen LogP contribution in [0.2, 0.25) is 0 Å². The largest absolute Gasteiger partial charge is 0.337 e. The lowest BCUT2D eigenvalue weighted by atomic mass is 9.86. The molecular formula is C19H29N3O. The van der Waals surface area contributed by atoms with Gasteiger partial charge in [-0.1, -0.05) is 45.0 Å². The van der Waals surface area contributed by atoms with Crippen LogP contribution in [0.4, 0.5) is 0 Å². The van der Waals surface area contributed by atoms with E-state index in [1.54, 1.807) is 0 Å². The molecule has 1 N–H and O–H groups in total. The van der Waals surface area contributed by atoms with Crippen LogP contribution >= 0.6 is 0 Å². The lowest BCUT2D eigenvalue weighted by molar-refractivity contribution is -0.121. The van der Waals surface area contributed by atoms with Crippen LogP contribution in [-0.2, 0) is 10.2 Å². The zero-order valence-electron chi connectivity index (χ0n) is 15.0. The number of carbonyl (C=O) groups excluding carboxylic acids is 1. The van der Waals surface area contributed by atoms with E-state index in [0.29, 0.717) is 6.42 Å². The van der Waals surface area contributed by atoms with E-state index in [-0.39, 0.29) is 11.3 Å². The molecule has 0 saturated heterocycles. The van der Waals surface area contributed by atoms with E-state index in [4.69, 9.17) is 0 Å². The van der Waals surface area contributed by atoms with Crippen LogP contribution in [0.5, 0.6) is 0 Å². The minimum atomic E-state index is -0.578. The van der Waals surface area contributed by atoms with Gasteiger partial charge in [0.25, 0.3) is 0 Å². The number of nitrogens with zero attached hydrogens (tertiary/aromatic N) is 2. The van der Waals surface area contributed by atoms with Gasteiger partial charge in [-0.15, -0.1) is 0 Å². The molecule has 0 aromatic heterocycles. The number of nitriles is 1. The molecule has 126 valence electrons. The molecule has 0 heterocycles. The second-order valence-corrected chi connectivity index (χ2v) is 7.26. The monoisotopic (exact) mass is 315 g/mol. The fraction of sp³-hybridized carbons (Fsp3) is 0.579. The SMILES string of the molecule is CN(C)CCCCC(=O)N[C@@H](C#N)c1ccc(C(C)(C)C)cc1. The predicted molar refractivity (Wildman–Crippen MR) is 94.0 cm³/mol. The zero-order chi connectivity index (χ0) is 17.5. The molecule has 0 aliphatic heterocycles. The minimum Gasteiger partial charge on any atom is -0.337 e. The number of hydrogen-bond acceptors (Lipinski definition) is 3. The highest BCUT2D eigenvalue weighted by molar-refractivity contribution is 5.76. The molecular weight excluding hydrogens is 286 g/mol. The first-order chi connectivity index (χ1) is 10.7. The molecule has 0 fully saturated rings. The average Bonchev–Trinajstić information content (AvgIpc) is 2.48. The van der Waals surface area contributed by atoms with Gasteiger partial charge in [0, 0.05) is 6.42 Å². The summed E-state index contributed by atoms with van der Waals surface area (Å²) >= 11 is 0. The van der Waals surface area contributed by atoms with E-state index in [2.05, 4.69) is 37.1 Å². The number of carbonyl (C=O) groups is 1. The number of amides is 1. The van der Waals surface area contributed by atoms with E-state index in [1.165, 1.54) is 5.56 Å². The molecule has 0 radical (unpaired) electrons. The van der Waals surface area contributed by atoms with E-state index in [1.807, 2.05) is 38.4 Å². The summed E-state index contributed by atoms with van der Waals surface area (Å²) in [6.07, 6.45) is 2.29. The van der Waals surface area contributed by atoms with Crippen molar-refractivity contribution in [3.8, 4) is 6.07 Å². The van der Waals surface area contributed by atoms with E-state index in [0.717, 1.165) is 24.9 Å². The summed E-state index contributed by atoms with van der Waals surface area (Å²) in [5, 5.41) is 12.1. The van der Waals surface area contributed by atoms with Crippen LogP contribution < -0.4 is 5.32 Å². The van der Waals surface area contributed by atoms with Gasteiger partial charge in [-0.3, -0.25) is 4.79 Å². The normalized spacial score (nSPS) is 12.7. The summed E-state index contributed by atoms with van der Waals surface area (Å²) in [6, 6.07) is 9.52. The highest BCUT2D eigenvalue weighted by Gasteiger charge is 2.16. The van der Waals surface area contributed by atoms with Gasteiger partial charge in [0.15, 0.2) is 0 Å². The Bertz CT molecular complexity index is 535. The first kappa shape index (κ1) is 19.2. The molecule has 1 aromatic rings. The first-order valence-electron chi connectivity index (χ1n) is 8.18. The Morgan fingerprint density at radius 2 is 1.83 bits per heavy atom. The van der Waals surface area contributed by atoms with Crippen LogP contribution in [0.25, 0.3) is 0 Å². The molecule has 0 aliphatic carbocycles. The summed E-state index contributed by atoms with van der Waals surface area (Å²) in [5.41, 5.74) is 2.13. The fourth-order valence-electron chi connectivity index (χ4n) is 2.31. The Labute approximate surface area is 140 Å². The van der Waals surface area contributed by atoms with Gasteiger partial charge in [-0.05, 0) is 50.0 Å². The topological polar surface area (TPSA) is 56.1 Å². The van der Waals surface area contributed by atoms with Crippen molar-refractivity contribution in [2.75, 3.05) is 20.6 Å². The van der Waals surface area contributed by atoms with Crippen molar-refractivity contribution in [2.24, 2.45) is 0 Å². The Balaban J connectivity index is 2.57. The third-order valence-corrected chi connectivity index (χ3v) is 3.80. The molecule has 0 unspecified atom stereocenters. The summed E-state index contributed by atoms with van der Waals surface area (Å²) in [4.78, 5) is 14.1. The molecule has 4 heteroatoms. The van der Waals surface area contributed by atoms with E-state index in [9.17, 15) is 10.1 Å². The first-order valence-corrected chi connectivity index (χ1v) is 8.18. The summed E-state index contributed by atoms with van der Waals surface area (Å²) in [5.74, 6) is -0.0600. The molecule has 4 nitrogen and oxygen atoms in total. The summed E-state index contributed by atoms with van der Waals surface area (Å²) < 4.78 is 0. The Morgan fingerprint density at radius 3 is 2.30 bits per heavy atom. The third kappa shape index (κ3) is 6.83.